The highest BCUT2D eigenvalue weighted by atomic mass is 19.1. The minimum Gasteiger partial charge on any atom is -0.506 e. The molecule has 4 rings (SSSR count). The van der Waals surface area contributed by atoms with E-state index in [1.165, 1.54) is 23.8 Å². The number of rotatable bonds is 4. The third-order valence-corrected chi connectivity index (χ3v) is 5.77. The van der Waals surface area contributed by atoms with Gasteiger partial charge in [0.2, 0.25) is 0 Å². The third kappa shape index (κ3) is 3.39. The normalized spacial score (nSPS) is 16.5. The summed E-state index contributed by atoms with van der Waals surface area (Å²) in [5.74, 6) is -2.23. The predicted octanol–water partition coefficient (Wildman–Crippen LogP) is 3.02. The molecule has 0 aliphatic carbocycles. The zero-order chi connectivity index (χ0) is 22.3. The Kier molecular flexibility index (Phi) is 5.33. The minimum atomic E-state index is -0.918. The topological polar surface area (TPSA) is 91.4 Å². The molecule has 3 heterocycles. The molecule has 1 atom stereocenters. The van der Waals surface area contributed by atoms with Crippen LogP contribution in [0.2, 0.25) is 0 Å². The van der Waals surface area contributed by atoms with Gasteiger partial charge in [0, 0.05) is 12.6 Å². The SMILES string of the molecule is COc1cccc(F)c1-c1nc2c(cc1F)c(O)c(C#N)c(=O)n2C[C@@H]1CCCN1C. The van der Waals surface area contributed by atoms with Crippen LogP contribution in [-0.4, -0.2) is 46.3 Å². The molecule has 0 radical (unpaired) electrons. The highest BCUT2D eigenvalue weighted by molar-refractivity contribution is 5.87. The van der Waals surface area contributed by atoms with Crippen molar-refractivity contribution in [3.63, 3.8) is 0 Å². The van der Waals surface area contributed by atoms with Gasteiger partial charge in [-0.25, -0.2) is 13.8 Å². The number of halogens is 2. The maximum Gasteiger partial charge on any atom is 0.274 e. The smallest absolute Gasteiger partial charge is 0.274 e. The Hall–Kier alpha value is -3.51. The lowest BCUT2D eigenvalue weighted by atomic mass is 10.1. The number of nitriles is 1. The maximum absolute atomic E-state index is 15.0. The van der Waals surface area contributed by atoms with Crippen LogP contribution in [0.25, 0.3) is 22.3 Å². The van der Waals surface area contributed by atoms with E-state index in [0.717, 1.165) is 31.5 Å². The lowest BCUT2D eigenvalue weighted by molar-refractivity contribution is 0.282. The van der Waals surface area contributed by atoms with E-state index in [2.05, 4.69) is 9.88 Å². The number of hydrogen-bond acceptors (Lipinski definition) is 6. The molecular weight excluding hydrogens is 406 g/mol. The molecule has 31 heavy (non-hydrogen) atoms. The standard InChI is InChI=1S/C22H20F2N4O3/c1-27-8-4-5-12(27)11-28-21-13(20(29)14(10-25)22(28)30)9-16(24)19(26-21)18-15(23)6-3-7-17(18)31-2/h3,6-7,9,12,29H,4-5,8,11H2,1-2H3/t12-/m0/s1. The van der Waals surface area contributed by atoms with Crippen LogP contribution in [0.1, 0.15) is 18.4 Å². The first kappa shape index (κ1) is 20.8. The van der Waals surface area contributed by atoms with Crippen molar-refractivity contribution in [3.05, 3.63) is 51.8 Å². The second-order valence-corrected chi connectivity index (χ2v) is 7.53. The summed E-state index contributed by atoms with van der Waals surface area (Å²) in [5.41, 5.74) is -1.77. The maximum atomic E-state index is 15.0. The molecule has 3 aromatic rings. The molecule has 7 nitrogen and oxygen atoms in total. The number of pyridine rings is 2. The zero-order valence-electron chi connectivity index (χ0n) is 17.0. The first-order valence-corrected chi connectivity index (χ1v) is 9.76. The van der Waals surface area contributed by atoms with Gasteiger partial charge in [0.05, 0.1) is 18.1 Å². The molecule has 2 aromatic heterocycles. The van der Waals surface area contributed by atoms with Gasteiger partial charge in [0.1, 0.15) is 34.7 Å². The second-order valence-electron chi connectivity index (χ2n) is 7.53. The second kappa shape index (κ2) is 7.96. The van der Waals surface area contributed by atoms with Crippen LogP contribution in [0, 0.1) is 23.0 Å². The molecular formula is C22H20F2N4O3. The Morgan fingerprint density at radius 1 is 1.35 bits per heavy atom. The van der Waals surface area contributed by atoms with Gasteiger partial charge in [-0.05, 0) is 44.6 Å². The summed E-state index contributed by atoms with van der Waals surface area (Å²) in [4.78, 5) is 19.3. The number of methoxy groups -OCH3 is 1. The molecule has 9 heteroatoms. The molecule has 1 N–H and O–H groups in total. The molecule has 1 aromatic carbocycles. The largest absolute Gasteiger partial charge is 0.506 e. The molecule has 1 aliphatic rings. The average Bonchev–Trinajstić information content (AvgIpc) is 3.16. The summed E-state index contributed by atoms with van der Waals surface area (Å²) in [6.07, 6.45) is 1.79. The molecule has 1 fully saturated rings. The summed E-state index contributed by atoms with van der Waals surface area (Å²) in [7, 11) is 3.26. The number of likely N-dealkylation sites (N-methyl/N-ethyl adjacent to an activating group) is 1. The van der Waals surface area contributed by atoms with Crippen molar-refractivity contribution in [1.29, 1.82) is 5.26 Å². The molecule has 0 unspecified atom stereocenters. The number of aromatic nitrogens is 2. The molecule has 160 valence electrons. The van der Waals surface area contributed by atoms with Gasteiger partial charge in [-0.3, -0.25) is 9.36 Å². The van der Waals surface area contributed by atoms with Crippen LogP contribution < -0.4 is 10.3 Å². The fourth-order valence-electron chi connectivity index (χ4n) is 4.10. The fourth-order valence-corrected chi connectivity index (χ4v) is 4.10. The predicted molar refractivity (Wildman–Crippen MR) is 110 cm³/mol. The Morgan fingerprint density at radius 3 is 2.77 bits per heavy atom. The van der Waals surface area contributed by atoms with Gasteiger partial charge >= 0.3 is 0 Å². The first-order chi connectivity index (χ1) is 14.9. The number of nitrogens with zero attached hydrogens (tertiary/aromatic N) is 4. The van der Waals surface area contributed by atoms with Crippen LogP contribution in [0.3, 0.4) is 0 Å². The van der Waals surface area contributed by atoms with Crippen LogP contribution in [-0.2, 0) is 6.54 Å². The van der Waals surface area contributed by atoms with Gasteiger partial charge < -0.3 is 14.7 Å². The molecule has 0 amide bonds. The number of hydrogen-bond donors (Lipinski definition) is 1. The Bertz CT molecular complexity index is 1280. The Labute approximate surface area is 176 Å². The van der Waals surface area contributed by atoms with Crippen LogP contribution >= 0.6 is 0 Å². The lowest BCUT2D eigenvalue weighted by Crippen LogP contribution is -2.35. The highest BCUT2D eigenvalue weighted by Crippen LogP contribution is 2.36. The van der Waals surface area contributed by atoms with Crippen molar-refractivity contribution >= 4 is 11.0 Å². The van der Waals surface area contributed by atoms with E-state index >= 15 is 4.39 Å². The van der Waals surface area contributed by atoms with E-state index in [1.54, 1.807) is 6.07 Å². The van der Waals surface area contributed by atoms with Crippen molar-refractivity contribution in [2.75, 3.05) is 20.7 Å². The monoisotopic (exact) mass is 426 g/mol. The quantitative estimate of drug-likeness (QED) is 0.690. The molecule has 0 saturated carbocycles. The van der Waals surface area contributed by atoms with Gasteiger partial charge in [-0.1, -0.05) is 6.07 Å². The van der Waals surface area contributed by atoms with E-state index in [4.69, 9.17) is 4.74 Å². The number of fused-ring (bicyclic) bond motifs is 1. The summed E-state index contributed by atoms with van der Waals surface area (Å²) in [5, 5.41) is 19.8. The third-order valence-electron chi connectivity index (χ3n) is 5.77. The van der Waals surface area contributed by atoms with Gasteiger partial charge in [0.15, 0.2) is 11.4 Å². The molecule has 0 bridgehead atoms. The van der Waals surface area contributed by atoms with Crippen molar-refractivity contribution in [2.45, 2.75) is 25.4 Å². The van der Waals surface area contributed by atoms with Gasteiger partial charge in [0.25, 0.3) is 5.56 Å². The van der Waals surface area contributed by atoms with Gasteiger partial charge in [-0.2, -0.15) is 5.26 Å². The first-order valence-electron chi connectivity index (χ1n) is 9.76. The van der Waals surface area contributed by atoms with Crippen LogP contribution in [0.5, 0.6) is 11.5 Å². The Morgan fingerprint density at radius 2 is 2.13 bits per heavy atom. The van der Waals surface area contributed by atoms with E-state index in [0.29, 0.717) is 0 Å². The molecule has 0 spiro atoms. The zero-order valence-corrected chi connectivity index (χ0v) is 17.0. The van der Waals surface area contributed by atoms with Crippen molar-refractivity contribution < 1.29 is 18.6 Å². The summed E-state index contributed by atoms with van der Waals surface area (Å²) in [6, 6.07) is 6.72. The number of ether oxygens (including phenoxy) is 1. The van der Waals surface area contributed by atoms with Crippen LogP contribution in [0.15, 0.2) is 29.1 Å². The summed E-state index contributed by atoms with van der Waals surface area (Å²) in [6.45, 7) is 1.06. The van der Waals surface area contributed by atoms with Crippen molar-refractivity contribution in [2.24, 2.45) is 0 Å². The van der Waals surface area contributed by atoms with E-state index < -0.39 is 28.5 Å². The summed E-state index contributed by atoms with van der Waals surface area (Å²) >= 11 is 0. The molecule has 1 aliphatic heterocycles. The lowest BCUT2D eigenvalue weighted by Gasteiger charge is -2.22. The van der Waals surface area contributed by atoms with Gasteiger partial charge in [-0.15, -0.1) is 0 Å². The minimum absolute atomic E-state index is 0.00952. The Balaban J connectivity index is 2.04. The van der Waals surface area contributed by atoms with Crippen molar-refractivity contribution in [1.82, 2.24) is 14.5 Å². The van der Waals surface area contributed by atoms with Crippen molar-refractivity contribution in [3.8, 4) is 28.8 Å². The number of aromatic hydroxyl groups is 1. The highest BCUT2D eigenvalue weighted by Gasteiger charge is 2.27. The average molecular weight is 426 g/mol. The summed E-state index contributed by atoms with van der Waals surface area (Å²) < 4.78 is 36.1. The van der Waals surface area contributed by atoms with Crippen LogP contribution in [0.4, 0.5) is 8.78 Å². The van der Waals surface area contributed by atoms with E-state index in [9.17, 15) is 19.6 Å². The number of likely N-dealkylation sites (tertiary alicyclic amines) is 1. The fraction of sp³-hybridized carbons (Fsp3) is 0.318. The van der Waals surface area contributed by atoms with E-state index in [-0.39, 0.29) is 40.6 Å². The number of benzene rings is 1. The van der Waals surface area contributed by atoms with E-state index in [1.807, 2.05) is 7.05 Å². The molecule has 1 saturated heterocycles.